The van der Waals surface area contributed by atoms with Crippen LogP contribution in [0.15, 0.2) is 48.5 Å². The number of hydrogen-bond acceptors (Lipinski definition) is 6. The number of ether oxygens (including phenoxy) is 3. The molecule has 0 aromatic heterocycles. The first-order valence-electron chi connectivity index (χ1n) is 8.09. The Morgan fingerprint density at radius 3 is 2.39 bits per heavy atom. The molecule has 0 saturated heterocycles. The highest BCUT2D eigenvalue weighted by Crippen LogP contribution is 2.18. The monoisotopic (exact) mass is 387 g/mol. The third-order valence-electron chi connectivity index (χ3n) is 3.52. The van der Waals surface area contributed by atoms with Crippen molar-refractivity contribution in [2.75, 3.05) is 26.1 Å². The van der Waals surface area contributed by atoms with Gasteiger partial charge in [0.1, 0.15) is 0 Å². The van der Waals surface area contributed by atoms with Crippen molar-refractivity contribution in [1.29, 1.82) is 0 Å². The molecule has 0 radical (unpaired) electrons. The number of benzene rings is 2. The van der Waals surface area contributed by atoms with Crippen molar-refractivity contribution in [3.8, 4) is 5.75 Å². The summed E-state index contributed by atoms with van der Waals surface area (Å²) < 4.78 is 27.8. The molecule has 0 atom stereocenters. The van der Waals surface area contributed by atoms with Gasteiger partial charge >= 0.3 is 11.9 Å². The zero-order valence-corrected chi connectivity index (χ0v) is 15.2. The Bertz CT molecular complexity index is 892. The summed E-state index contributed by atoms with van der Waals surface area (Å²) >= 11 is 0. The van der Waals surface area contributed by atoms with Crippen LogP contribution in [0.4, 0.5) is 10.1 Å². The van der Waals surface area contributed by atoms with Crippen LogP contribution in [0.5, 0.6) is 5.75 Å². The Labute approximate surface area is 160 Å². The lowest BCUT2D eigenvalue weighted by molar-refractivity contribution is -0.142. The number of rotatable bonds is 7. The van der Waals surface area contributed by atoms with Crippen molar-refractivity contribution in [3.05, 3.63) is 65.5 Å². The topological polar surface area (TPSA) is 90.9 Å². The van der Waals surface area contributed by atoms with Gasteiger partial charge in [0.25, 0.3) is 5.91 Å². The molecule has 0 aliphatic carbocycles. The van der Waals surface area contributed by atoms with Crippen molar-refractivity contribution in [1.82, 2.24) is 0 Å². The zero-order valence-electron chi connectivity index (χ0n) is 15.2. The van der Waals surface area contributed by atoms with Crippen LogP contribution in [-0.2, 0) is 19.1 Å². The first-order valence-corrected chi connectivity index (χ1v) is 8.09. The maximum Gasteiger partial charge on any atom is 0.337 e. The van der Waals surface area contributed by atoms with E-state index in [4.69, 9.17) is 9.47 Å². The first-order chi connectivity index (χ1) is 13.4. The molecular weight excluding hydrogens is 369 g/mol. The van der Waals surface area contributed by atoms with E-state index in [9.17, 15) is 18.8 Å². The summed E-state index contributed by atoms with van der Waals surface area (Å²) in [6.45, 7) is -0.501. The molecule has 2 rings (SSSR count). The van der Waals surface area contributed by atoms with Gasteiger partial charge in [-0.2, -0.15) is 0 Å². The van der Waals surface area contributed by atoms with E-state index in [0.717, 1.165) is 6.08 Å². The molecule has 0 aliphatic heterocycles. The average Bonchev–Trinajstić information content (AvgIpc) is 2.70. The summed E-state index contributed by atoms with van der Waals surface area (Å²) in [6, 6.07) is 10.2. The van der Waals surface area contributed by atoms with Crippen LogP contribution in [0.1, 0.15) is 15.9 Å². The van der Waals surface area contributed by atoms with E-state index in [1.165, 1.54) is 56.7 Å². The summed E-state index contributed by atoms with van der Waals surface area (Å²) in [6.07, 6.45) is 2.44. The van der Waals surface area contributed by atoms with Crippen LogP contribution in [-0.4, -0.2) is 38.7 Å². The Morgan fingerprint density at radius 1 is 1.07 bits per heavy atom. The Balaban J connectivity index is 1.82. The highest BCUT2D eigenvalue weighted by molar-refractivity contribution is 5.95. The second kappa shape index (κ2) is 9.86. The number of halogens is 1. The fourth-order valence-corrected chi connectivity index (χ4v) is 2.14. The summed E-state index contributed by atoms with van der Waals surface area (Å²) in [5.74, 6) is -2.27. The van der Waals surface area contributed by atoms with Crippen molar-refractivity contribution in [2.45, 2.75) is 0 Å². The van der Waals surface area contributed by atoms with E-state index in [1.54, 1.807) is 6.07 Å². The van der Waals surface area contributed by atoms with Crippen LogP contribution in [0.25, 0.3) is 6.08 Å². The summed E-state index contributed by atoms with van der Waals surface area (Å²) in [5.41, 5.74) is 1.20. The highest BCUT2D eigenvalue weighted by Gasteiger charge is 2.08. The molecule has 1 amide bonds. The largest absolute Gasteiger partial charge is 0.494 e. The van der Waals surface area contributed by atoms with Gasteiger partial charge in [-0.3, -0.25) is 4.79 Å². The van der Waals surface area contributed by atoms with Gasteiger partial charge in [0.2, 0.25) is 0 Å². The third kappa shape index (κ3) is 5.94. The number of hydrogen-bond donors (Lipinski definition) is 1. The van der Waals surface area contributed by atoms with Crippen LogP contribution in [0.2, 0.25) is 0 Å². The van der Waals surface area contributed by atoms with Gasteiger partial charge in [0.05, 0.1) is 19.8 Å². The zero-order chi connectivity index (χ0) is 20.5. The molecule has 28 heavy (non-hydrogen) atoms. The second-order valence-electron chi connectivity index (χ2n) is 5.45. The maximum atomic E-state index is 13.6. The minimum absolute atomic E-state index is 0.0935. The number of amides is 1. The van der Waals surface area contributed by atoms with Gasteiger partial charge in [-0.25, -0.2) is 14.0 Å². The molecular formula is C20H18FNO6. The van der Waals surface area contributed by atoms with E-state index in [-0.39, 0.29) is 5.75 Å². The number of anilines is 1. The van der Waals surface area contributed by atoms with Crippen LogP contribution >= 0.6 is 0 Å². The Morgan fingerprint density at radius 2 is 1.79 bits per heavy atom. The smallest absolute Gasteiger partial charge is 0.337 e. The fourth-order valence-electron chi connectivity index (χ4n) is 2.14. The molecule has 1 N–H and O–H groups in total. The van der Waals surface area contributed by atoms with Gasteiger partial charge in [-0.05, 0) is 48.0 Å². The SMILES string of the molecule is COC(=O)c1ccc(NC(=O)COC(=O)/C=C/c2ccc(OC)c(F)c2)cc1. The Hall–Kier alpha value is -3.68. The van der Waals surface area contributed by atoms with Crippen molar-refractivity contribution in [3.63, 3.8) is 0 Å². The Kier molecular flexibility index (Phi) is 7.27. The summed E-state index contributed by atoms with van der Waals surface area (Å²) in [5, 5.41) is 2.52. The van der Waals surface area contributed by atoms with E-state index in [1.807, 2.05) is 0 Å². The first kappa shape index (κ1) is 20.6. The molecule has 8 heteroatoms. The molecule has 2 aromatic carbocycles. The van der Waals surface area contributed by atoms with Crippen LogP contribution in [0.3, 0.4) is 0 Å². The quantitative estimate of drug-likeness (QED) is 0.580. The van der Waals surface area contributed by atoms with Gasteiger partial charge in [-0.15, -0.1) is 0 Å². The maximum absolute atomic E-state index is 13.6. The third-order valence-corrected chi connectivity index (χ3v) is 3.52. The number of carbonyl (C=O) groups excluding carboxylic acids is 3. The van der Waals surface area contributed by atoms with E-state index >= 15 is 0 Å². The normalized spacial score (nSPS) is 10.4. The molecule has 146 valence electrons. The molecule has 0 aliphatic rings. The molecule has 0 unspecified atom stereocenters. The highest BCUT2D eigenvalue weighted by atomic mass is 19.1. The number of carbonyl (C=O) groups is 3. The van der Waals surface area contributed by atoms with Crippen molar-refractivity contribution >= 4 is 29.6 Å². The van der Waals surface area contributed by atoms with Crippen molar-refractivity contribution < 1.29 is 33.0 Å². The van der Waals surface area contributed by atoms with E-state index in [0.29, 0.717) is 16.8 Å². The minimum atomic E-state index is -0.757. The number of esters is 2. The standard InChI is InChI=1S/C20H18FNO6/c1-26-17-9-3-13(11-16(17)21)4-10-19(24)28-12-18(23)22-15-7-5-14(6-8-15)20(25)27-2/h3-11H,12H2,1-2H3,(H,22,23)/b10-4+. The lowest BCUT2D eigenvalue weighted by Gasteiger charge is -2.06. The molecule has 2 aromatic rings. The predicted molar refractivity (Wildman–Crippen MR) is 99.4 cm³/mol. The van der Waals surface area contributed by atoms with Crippen LogP contribution < -0.4 is 10.1 Å². The lowest BCUT2D eigenvalue weighted by atomic mass is 10.2. The van der Waals surface area contributed by atoms with Gasteiger partial charge in [-0.1, -0.05) is 6.07 Å². The predicted octanol–water partition coefficient (Wildman–Crippen LogP) is 2.82. The number of methoxy groups -OCH3 is 2. The summed E-state index contributed by atoms with van der Waals surface area (Å²) in [7, 11) is 2.62. The van der Waals surface area contributed by atoms with Crippen LogP contribution in [0, 0.1) is 5.82 Å². The minimum Gasteiger partial charge on any atom is -0.494 e. The lowest BCUT2D eigenvalue weighted by Crippen LogP contribution is -2.20. The van der Waals surface area contributed by atoms with Gasteiger partial charge in [0.15, 0.2) is 18.2 Å². The molecule has 7 nitrogen and oxygen atoms in total. The molecule has 0 saturated carbocycles. The van der Waals surface area contributed by atoms with E-state index in [2.05, 4.69) is 10.1 Å². The fraction of sp³-hybridized carbons (Fsp3) is 0.150. The van der Waals surface area contributed by atoms with Crippen molar-refractivity contribution in [2.24, 2.45) is 0 Å². The number of nitrogens with one attached hydrogen (secondary N) is 1. The molecule has 0 bridgehead atoms. The molecule has 0 heterocycles. The summed E-state index contributed by atoms with van der Waals surface area (Å²) in [4.78, 5) is 34.8. The second-order valence-corrected chi connectivity index (χ2v) is 5.45. The average molecular weight is 387 g/mol. The van der Waals surface area contributed by atoms with Gasteiger partial charge in [0, 0.05) is 11.8 Å². The van der Waals surface area contributed by atoms with Gasteiger partial charge < -0.3 is 19.5 Å². The molecule has 0 spiro atoms. The molecule has 0 fully saturated rings. The van der Waals surface area contributed by atoms with E-state index < -0.39 is 30.3 Å².